The number of benzene rings is 2. The predicted octanol–water partition coefficient (Wildman–Crippen LogP) is 3.75. The molecule has 3 nitrogen and oxygen atoms in total. The Morgan fingerprint density at radius 2 is 2.14 bits per heavy atom. The fourth-order valence-corrected chi connectivity index (χ4v) is 3.23. The summed E-state index contributed by atoms with van der Waals surface area (Å²) in [6.07, 6.45) is 0. The molecule has 2 heterocycles. The predicted molar refractivity (Wildman–Crippen MR) is 82.1 cm³/mol. The van der Waals surface area contributed by atoms with E-state index in [1.54, 1.807) is 12.1 Å². The number of aromatic nitrogens is 2. The molecule has 1 atom stereocenters. The number of imidazole rings is 1. The number of rotatable bonds is 2. The van der Waals surface area contributed by atoms with Crippen LogP contribution in [0.5, 0.6) is 0 Å². The molecule has 1 aromatic heterocycles. The number of hydrogen-bond donors (Lipinski definition) is 1. The number of anilines is 1. The molecule has 0 saturated carbocycles. The molecule has 1 aliphatic heterocycles. The highest BCUT2D eigenvalue weighted by molar-refractivity contribution is 5.77. The number of nitrogens with one attached hydrogen (secondary N) is 1. The summed E-state index contributed by atoms with van der Waals surface area (Å²) in [7, 11) is 0. The molecule has 106 valence electrons. The second-order valence-corrected chi connectivity index (χ2v) is 5.37. The van der Waals surface area contributed by atoms with E-state index in [0.29, 0.717) is 0 Å². The quantitative estimate of drug-likeness (QED) is 0.775. The van der Waals surface area contributed by atoms with Crippen LogP contribution in [0.4, 0.5) is 10.1 Å². The lowest BCUT2D eigenvalue weighted by Gasteiger charge is -2.12. The van der Waals surface area contributed by atoms with E-state index >= 15 is 0 Å². The number of aryl methyl sites for hydroxylation is 1. The molecule has 1 unspecified atom stereocenters. The van der Waals surface area contributed by atoms with Gasteiger partial charge in [0.15, 0.2) is 0 Å². The second-order valence-electron chi connectivity index (χ2n) is 5.37. The Morgan fingerprint density at radius 3 is 3.00 bits per heavy atom. The molecule has 4 rings (SSSR count). The first-order chi connectivity index (χ1) is 10.3. The average Bonchev–Trinajstić information content (AvgIpc) is 3.07. The molecular weight excluding hydrogens is 265 g/mol. The summed E-state index contributed by atoms with van der Waals surface area (Å²) in [6, 6.07) is 13.1. The van der Waals surface area contributed by atoms with Gasteiger partial charge in [-0.3, -0.25) is 0 Å². The van der Waals surface area contributed by atoms with Crippen molar-refractivity contribution >= 4 is 16.7 Å². The highest BCUT2D eigenvalue weighted by atomic mass is 19.1. The minimum absolute atomic E-state index is 0.214. The third-order valence-electron chi connectivity index (χ3n) is 4.20. The zero-order valence-electron chi connectivity index (χ0n) is 11.8. The average molecular weight is 281 g/mol. The first-order valence-corrected chi connectivity index (χ1v) is 7.26. The summed E-state index contributed by atoms with van der Waals surface area (Å²) in [5, 5.41) is 3.43. The summed E-state index contributed by atoms with van der Waals surface area (Å²) >= 11 is 0. The second kappa shape index (κ2) is 4.58. The fraction of sp³-hybridized carbons (Fsp3) is 0.235. The van der Waals surface area contributed by atoms with E-state index in [0.717, 1.165) is 29.9 Å². The molecule has 4 heteroatoms. The van der Waals surface area contributed by atoms with Gasteiger partial charge >= 0.3 is 0 Å². The minimum atomic E-state index is -0.214. The molecule has 0 radical (unpaired) electrons. The fourth-order valence-electron chi connectivity index (χ4n) is 3.23. The van der Waals surface area contributed by atoms with Crippen molar-refractivity contribution in [2.45, 2.75) is 19.4 Å². The van der Waals surface area contributed by atoms with Gasteiger partial charge in [0, 0.05) is 18.8 Å². The Kier molecular flexibility index (Phi) is 2.70. The van der Waals surface area contributed by atoms with Crippen LogP contribution in [0.15, 0.2) is 42.5 Å². The SMILES string of the molecule is CCn1c(C2CNc3ccccc32)nc2ccc(F)cc21. The number of nitrogens with zero attached hydrogens (tertiary/aromatic N) is 2. The molecule has 1 N–H and O–H groups in total. The van der Waals surface area contributed by atoms with Crippen LogP contribution in [0.25, 0.3) is 11.0 Å². The van der Waals surface area contributed by atoms with Crippen molar-refractivity contribution in [2.24, 2.45) is 0 Å². The Morgan fingerprint density at radius 1 is 1.29 bits per heavy atom. The molecular formula is C17H16FN3. The van der Waals surface area contributed by atoms with Gasteiger partial charge < -0.3 is 9.88 Å². The molecule has 0 amide bonds. The Balaban J connectivity index is 1.92. The van der Waals surface area contributed by atoms with Crippen molar-refractivity contribution in [3.63, 3.8) is 0 Å². The Labute approximate surface area is 122 Å². The van der Waals surface area contributed by atoms with Gasteiger partial charge in [0.2, 0.25) is 0 Å². The number of fused-ring (bicyclic) bond motifs is 2. The number of hydrogen-bond acceptors (Lipinski definition) is 2. The zero-order valence-corrected chi connectivity index (χ0v) is 11.8. The maximum Gasteiger partial charge on any atom is 0.125 e. The molecule has 3 aromatic rings. The first-order valence-electron chi connectivity index (χ1n) is 7.26. The lowest BCUT2D eigenvalue weighted by molar-refractivity contribution is 0.627. The topological polar surface area (TPSA) is 29.9 Å². The van der Waals surface area contributed by atoms with Gasteiger partial charge in [0.05, 0.1) is 17.0 Å². The van der Waals surface area contributed by atoms with Crippen LogP contribution in [0, 0.1) is 5.82 Å². The van der Waals surface area contributed by atoms with E-state index in [1.807, 2.05) is 6.07 Å². The summed E-state index contributed by atoms with van der Waals surface area (Å²) in [4.78, 5) is 4.76. The van der Waals surface area contributed by atoms with E-state index in [2.05, 4.69) is 35.0 Å². The van der Waals surface area contributed by atoms with Crippen LogP contribution < -0.4 is 5.32 Å². The maximum atomic E-state index is 13.5. The van der Waals surface area contributed by atoms with Gasteiger partial charge in [0.25, 0.3) is 0 Å². The largest absolute Gasteiger partial charge is 0.384 e. The molecule has 0 aliphatic carbocycles. The van der Waals surface area contributed by atoms with Gasteiger partial charge in [-0.25, -0.2) is 9.37 Å². The van der Waals surface area contributed by atoms with Crippen LogP contribution >= 0.6 is 0 Å². The molecule has 21 heavy (non-hydrogen) atoms. The van der Waals surface area contributed by atoms with Gasteiger partial charge in [-0.2, -0.15) is 0 Å². The standard InChI is InChI=1S/C17H16FN3/c1-2-21-16-9-11(18)7-8-15(16)20-17(21)13-10-19-14-6-4-3-5-12(13)14/h3-9,13,19H,2,10H2,1H3. The summed E-state index contributed by atoms with van der Waals surface area (Å²) in [5.41, 5.74) is 4.17. The summed E-state index contributed by atoms with van der Waals surface area (Å²) in [5.74, 6) is 1.01. The smallest absolute Gasteiger partial charge is 0.125 e. The molecule has 0 saturated heterocycles. The van der Waals surface area contributed by atoms with E-state index in [9.17, 15) is 4.39 Å². The van der Waals surface area contributed by atoms with Crippen LogP contribution in [-0.2, 0) is 6.54 Å². The number of para-hydroxylation sites is 1. The van der Waals surface area contributed by atoms with Crippen LogP contribution in [0.2, 0.25) is 0 Å². The molecule has 0 bridgehead atoms. The normalized spacial score (nSPS) is 17.0. The molecule has 1 aliphatic rings. The van der Waals surface area contributed by atoms with Crippen LogP contribution in [0.1, 0.15) is 24.2 Å². The molecule has 0 spiro atoms. The van der Waals surface area contributed by atoms with Crippen molar-refractivity contribution in [2.75, 3.05) is 11.9 Å². The van der Waals surface area contributed by atoms with Crippen LogP contribution in [-0.4, -0.2) is 16.1 Å². The lowest BCUT2D eigenvalue weighted by atomic mass is 10.0. The van der Waals surface area contributed by atoms with Gasteiger partial charge in [-0.1, -0.05) is 18.2 Å². The monoisotopic (exact) mass is 281 g/mol. The van der Waals surface area contributed by atoms with Crippen molar-refractivity contribution in [1.29, 1.82) is 0 Å². The van der Waals surface area contributed by atoms with Crippen molar-refractivity contribution in [1.82, 2.24) is 9.55 Å². The van der Waals surface area contributed by atoms with Crippen LogP contribution in [0.3, 0.4) is 0 Å². The van der Waals surface area contributed by atoms with E-state index in [1.165, 1.54) is 17.3 Å². The Bertz CT molecular complexity index is 822. The highest BCUT2D eigenvalue weighted by Crippen LogP contribution is 2.36. The highest BCUT2D eigenvalue weighted by Gasteiger charge is 2.28. The third-order valence-corrected chi connectivity index (χ3v) is 4.20. The van der Waals surface area contributed by atoms with Gasteiger partial charge in [-0.15, -0.1) is 0 Å². The van der Waals surface area contributed by atoms with Crippen molar-refractivity contribution in [3.8, 4) is 0 Å². The maximum absolute atomic E-state index is 13.5. The van der Waals surface area contributed by atoms with Gasteiger partial charge in [-0.05, 0) is 36.8 Å². The Hall–Kier alpha value is -2.36. The summed E-state index contributed by atoms with van der Waals surface area (Å²) in [6.45, 7) is 3.70. The third kappa shape index (κ3) is 1.82. The van der Waals surface area contributed by atoms with Crippen molar-refractivity contribution < 1.29 is 4.39 Å². The van der Waals surface area contributed by atoms with E-state index in [4.69, 9.17) is 4.98 Å². The van der Waals surface area contributed by atoms with Gasteiger partial charge in [0.1, 0.15) is 11.6 Å². The van der Waals surface area contributed by atoms with E-state index < -0.39 is 0 Å². The number of halogens is 1. The van der Waals surface area contributed by atoms with Crippen molar-refractivity contribution in [3.05, 3.63) is 59.7 Å². The zero-order chi connectivity index (χ0) is 14.4. The molecule has 2 aromatic carbocycles. The van der Waals surface area contributed by atoms with E-state index in [-0.39, 0.29) is 11.7 Å². The summed E-state index contributed by atoms with van der Waals surface area (Å²) < 4.78 is 15.6. The lowest BCUT2D eigenvalue weighted by Crippen LogP contribution is -2.11. The minimum Gasteiger partial charge on any atom is -0.384 e. The first kappa shape index (κ1) is 12.4. The molecule has 0 fully saturated rings.